The number of carbonyl (C=O) groups excluding carboxylic acids is 1. The number of nitrogens with one attached hydrogen (secondary N) is 1. The molecule has 0 heterocycles. The molecular weight excluding hydrogens is 220 g/mol. The zero-order valence-electron chi connectivity index (χ0n) is 10.6. The van der Waals surface area contributed by atoms with Gasteiger partial charge in [0.15, 0.2) is 0 Å². The Hall–Kier alpha value is -0.640. The molecule has 0 saturated heterocycles. The van der Waals surface area contributed by atoms with Crippen LogP contribution in [0.25, 0.3) is 0 Å². The highest BCUT2D eigenvalue weighted by molar-refractivity contribution is 7.80. The molecule has 0 aliphatic heterocycles. The Morgan fingerprint density at radius 1 is 1.25 bits per heavy atom. The molecule has 0 bridgehead atoms. The first-order valence-corrected chi connectivity index (χ1v) is 6.54. The largest absolute Gasteiger partial charge is 0.392 e. The van der Waals surface area contributed by atoms with Crippen molar-refractivity contribution in [3.63, 3.8) is 0 Å². The number of amides is 1. The summed E-state index contributed by atoms with van der Waals surface area (Å²) in [7, 11) is 0. The number of hydrogen-bond acceptors (Lipinski definition) is 2. The number of unbranched alkanes of at least 4 members (excludes halogenated alkanes) is 2. The van der Waals surface area contributed by atoms with Crippen molar-refractivity contribution < 1.29 is 4.79 Å². The van der Waals surface area contributed by atoms with Gasteiger partial charge in [-0.25, -0.2) is 0 Å². The number of rotatable bonds is 8. The summed E-state index contributed by atoms with van der Waals surface area (Å²) in [6, 6.07) is 0. The van der Waals surface area contributed by atoms with E-state index in [0.717, 1.165) is 25.8 Å². The van der Waals surface area contributed by atoms with E-state index in [-0.39, 0.29) is 5.91 Å². The van der Waals surface area contributed by atoms with E-state index in [2.05, 4.69) is 12.2 Å². The Labute approximate surface area is 104 Å². The summed E-state index contributed by atoms with van der Waals surface area (Å²) in [5.41, 5.74) is 5.04. The summed E-state index contributed by atoms with van der Waals surface area (Å²) < 4.78 is 0. The Balaban J connectivity index is 4.34. The second kappa shape index (κ2) is 7.60. The molecule has 3 N–H and O–H groups in total. The fourth-order valence-corrected chi connectivity index (χ4v) is 2.16. The van der Waals surface area contributed by atoms with Gasteiger partial charge in [0.2, 0.25) is 5.91 Å². The lowest BCUT2D eigenvalue weighted by molar-refractivity contribution is -0.127. The molecule has 16 heavy (non-hydrogen) atoms. The predicted octanol–water partition coefficient (Wildman–Crippen LogP) is 2.39. The number of hydrogen-bond donors (Lipinski definition) is 2. The zero-order valence-corrected chi connectivity index (χ0v) is 11.5. The normalized spacial score (nSPS) is 11.2. The highest BCUT2D eigenvalue weighted by Crippen LogP contribution is 2.27. The van der Waals surface area contributed by atoms with E-state index in [1.807, 2.05) is 13.8 Å². The van der Waals surface area contributed by atoms with Crippen molar-refractivity contribution in [3.8, 4) is 0 Å². The summed E-state index contributed by atoms with van der Waals surface area (Å²) in [5.74, 6) is -0.0129. The lowest BCUT2D eigenvalue weighted by atomic mass is 9.81. The van der Waals surface area contributed by atoms with Crippen LogP contribution in [0.2, 0.25) is 0 Å². The van der Waals surface area contributed by atoms with Gasteiger partial charge in [0.25, 0.3) is 0 Å². The van der Waals surface area contributed by atoms with E-state index >= 15 is 0 Å². The lowest BCUT2D eigenvalue weighted by Gasteiger charge is -2.28. The van der Waals surface area contributed by atoms with Crippen LogP contribution < -0.4 is 11.1 Å². The van der Waals surface area contributed by atoms with Gasteiger partial charge in [0.05, 0.1) is 10.4 Å². The van der Waals surface area contributed by atoms with Crippen LogP contribution in [0.4, 0.5) is 0 Å². The summed E-state index contributed by atoms with van der Waals surface area (Å²) >= 11 is 5.02. The topological polar surface area (TPSA) is 55.1 Å². The molecule has 0 spiro atoms. The predicted molar refractivity (Wildman–Crippen MR) is 72.3 cm³/mol. The van der Waals surface area contributed by atoms with Crippen molar-refractivity contribution >= 4 is 23.1 Å². The molecule has 94 valence electrons. The SMILES string of the molecule is CCCCCNC(=O)C(CC)(CC)C(N)=S. The maximum atomic E-state index is 12.1. The molecule has 0 radical (unpaired) electrons. The molecule has 4 heteroatoms. The van der Waals surface area contributed by atoms with Crippen molar-refractivity contribution in [3.05, 3.63) is 0 Å². The van der Waals surface area contributed by atoms with Gasteiger partial charge in [0, 0.05) is 6.54 Å². The van der Waals surface area contributed by atoms with Gasteiger partial charge in [-0.1, -0.05) is 45.8 Å². The maximum Gasteiger partial charge on any atom is 0.233 e. The van der Waals surface area contributed by atoms with Gasteiger partial charge in [-0.15, -0.1) is 0 Å². The minimum Gasteiger partial charge on any atom is -0.392 e. The summed E-state index contributed by atoms with van der Waals surface area (Å²) in [6.07, 6.45) is 4.64. The first-order chi connectivity index (χ1) is 7.55. The summed E-state index contributed by atoms with van der Waals surface area (Å²) in [5, 5.41) is 2.94. The zero-order chi connectivity index (χ0) is 12.6. The molecule has 0 saturated carbocycles. The van der Waals surface area contributed by atoms with Crippen LogP contribution in [0.3, 0.4) is 0 Å². The van der Waals surface area contributed by atoms with Crippen molar-refractivity contribution in [2.24, 2.45) is 11.1 Å². The Morgan fingerprint density at radius 3 is 2.19 bits per heavy atom. The Kier molecular flexibility index (Phi) is 7.30. The molecule has 0 aromatic heterocycles. The summed E-state index contributed by atoms with van der Waals surface area (Å²) in [6.45, 7) is 6.76. The van der Waals surface area contributed by atoms with Gasteiger partial charge in [-0.2, -0.15) is 0 Å². The van der Waals surface area contributed by atoms with Crippen molar-refractivity contribution in [2.45, 2.75) is 52.9 Å². The standard InChI is InChI=1S/C12H24N2OS/c1-4-7-8-9-14-11(15)12(5-2,6-3)10(13)16/h4-9H2,1-3H3,(H2,13,16)(H,14,15). The Morgan fingerprint density at radius 2 is 1.81 bits per heavy atom. The van der Waals surface area contributed by atoms with Crippen LogP contribution >= 0.6 is 12.2 Å². The molecule has 1 amide bonds. The quantitative estimate of drug-likeness (QED) is 0.509. The van der Waals surface area contributed by atoms with E-state index in [4.69, 9.17) is 18.0 Å². The van der Waals surface area contributed by atoms with Crippen LogP contribution in [-0.4, -0.2) is 17.4 Å². The minimum atomic E-state index is -0.651. The molecule has 0 unspecified atom stereocenters. The fourth-order valence-electron chi connectivity index (χ4n) is 1.78. The van der Waals surface area contributed by atoms with E-state index < -0.39 is 5.41 Å². The average molecular weight is 244 g/mol. The van der Waals surface area contributed by atoms with E-state index in [9.17, 15) is 4.79 Å². The number of nitrogens with two attached hydrogens (primary N) is 1. The van der Waals surface area contributed by atoms with Crippen LogP contribution in [0, 0.1) is 5.41 Å². The third kappa shape index (κ3) is 3.74. The van der Waals surface area contributed by atoms with E-state index in [1.54, 1.807) is 0 Å². The number of carbonyl (C=O) groups is 1. The third-order valence-electron chi connectivity index (χ3n) is 3.18. The molecule has 0 aromatic rings. The molecular formula is C12H24N2OS. The van der Waals surface area contributed by atoms with Crippen molar-refractivity contribution in [2.75, 3.05) is 6.54 Å². The van der Waals surface area contributed by atoms with E-state index in [0.29, 0.717) is 17.8 Å². The first-order valence-electron chi connectivity index (χ1n) is 6.13. The van der Waals surface area contributed by atoms with Crippen LogP contribution in [0.1, 0.15) is 52.9 Å². The number of thiocarbonyl (C=S) groups is 1. The summed E-state index contributed by atoms with van der Waals surface area (Å²) in [4.78, 5) is 12.4. The minimum absolute atomic E-state index is 0.0129. The second-order valence-corrected chi connectivity index (χ2v) is 4.56. The lowest BCUT2D eigenvalue weighted by Crippen LogP contribution is -2.48. The first kappa shape index (κ1) is 15.4. The fraction of sp³-hybridized carbons (Fsp3) is 0.833. The van der Waals surface area contributed by atoms with Crippen molar-refractivity contribution in [1.82, 2.24) is 5.32 Å². The molecule has 0 aliphatic carbocycles. The highest BCUT2D eigenvalue weighted by atomic mass is 32.1. The van der Waals surface area contributed by atoms with Gasteiger partial charge in [-0.05, 0) is 19.3 Å². The van der Waals surface area contributed by atoms with Gasteiger partial charge >= 0.3 is 0 Å². The van der Waals surface area contributed by atoms with Gasteiger partial charge in [0.1, 0.15) is 0 Å². The molecule has 0 fully saturated rings. The molecule has 0 aliphatic rings. The van der Waals surface area contributed by atoms with Crippen LogP contribution in [-0.2, 0) is 4.79 Å². The molecule has 0 rings (SSSR count). The second-order valence-electron chi connectivity index (χ2n) is 4.12. The van der Waals surface area contributed by atoms with Crippen LogP contribution in [0.5, 0.6) is 0 Å². The van der Waals surface area contributed by atoms with Gasteiger partial charge in [-0.3, -0.25) is 4.79 Å². The maximum absolute atomic E-state index is 12.1. The molecule has 3 nitrogen and oxygen atoms in total. The van der Waals surface area contributed by atoms with Crippen LogP contribution in [0.15, 0.2) is 0 Å². The molecule has 0 atom stereocenters. The van der Waals surface area contributed by atoms with Crippen molar-refractivity contribution in [1.29, 1.82) is 0 Å². The average Bonchev–Trinajstić information content (AvgIpc) is 2.26. The highest BCUT2D eigenvalue weighted by Gasteiger charge is 2.37. The third-order valence-corrected chi connectivity index (χ3v) is 3.57. The van der Waals surface area contributed by atoms with E-state index in [1.165, 1.54) is 0 Å². The monoisotopic (exact) mass is 244 g/mol. The smallest absolute Gasteiger partial charge is 0.233 e. The Bertz CT molecular complexity index is 237. The van der Waals surface area contributed by atoms with Gasteiger partial charge < -0.3 is 11.1 Å². The molecule has 0 aromatic carbocycles.